The molecule has 2 N–H and O–H groups in total. The molecule has 0 atom stereocenters. The van der Waals surface area contributed by atoms with Gasteiger partial charge in [-0.1, -0.05) is 36.4 Å². The molecule has 0 aliphatic heterocycles. The SMILES string of the molecule is Oc1ccc(Oc2ccc(-c3ccc(Oc4ccc5cc(O)ccc5c4)cc3)cc2)cc1. The minimum absolute atomic E-state index is 0.209. The van der Waals surface area contributed by atoms with E-state index in [4.69, 9.17) is 9.47 Å². The number of phenols is 2. The van der Waals surface area contributed by atoms with Crippen LogP contribution in [-0.4, -0.2) is 10.2 Å². The van der Waals surface area contributed by atoms with Gasteiger partial charge in [0.1, 0.15) is 34.5 Å². The third kappa shape index (κ3) is 4.35. The second kappa shape index (κ2) is 8.36. The van der Waals surface area contributed by atoms with Crippen LogP contribution in [0, 0.1) is 0 Å². The summed E-state index contributed by atoms with van der Waals surface area (Å²) in [5.41, 5.74) is 2.14. The van der Waals surface area contributed by atoms with Crippen LogP contribution < -0.4 is 9.47 Å². The molecule has 4 nitrogen and oxygen atoms in total. The number of hydrogen-bond acceptors (Lipinski definition) is 4. The van der Waals surface area contributed by atoms with E-state index < -0.39 is 0 Å². The van der Waals surface area contributed by atoms with E-state index in [9.17, 15) is 10.2 Å². The first-order chi connectivity index (χ1) is 15.6. The van der Waals surface area contributed by atoms with Gasteiger partial charge in [-0.05, 0) is 94.7 Å². The Morgan fingerprint density at radius 2 is 0.781 bits per heavy atom. The fourth-order valence-corrected chi connectivity index (χ4v) is 3.49. The van der Waals surface area contributed by atoms with E-state index in [1.807, 2.05) is 72.8 Å². The fourth-order valence-electron chi connectivity index (χ4n) is 3.49. The van der Waals surface area contributed by atoms with Gasteiger partial charge in [0.25, 0.3) is 0 Å². The van der Waals surface area contributed by atoms with Gasteiger partial charge in [-0.25, -0.2) is 0 Å². The summed E-state index contributed by atoms with van der Waals surface area (Å²) >= 11 is 0. The van der Waals surface area contributed by atoms with Crippen LogP contribution in [0.25, 0.3) is 21.9 Å². The third-order valence-electron chi connectivity index (χ3n) is 5.15. The maximum Gasteiger partial charge on any atom is 0.128 e. The Labute approximate surface area is 185 Å². The summed E-state index contributed by atoms with van der Waals surface area (Å²) in [4.78, 5) is 0. The van der Waals surface area contributed by atoms with Crippen molar-refractivity contribution in [3.8, 4) is 45.6 Å². The van der Waals surface area contributed by atoms with Gasteiger partial charge in [0.2, 0.25) is 0 Å². The normalized spacial score (nSPS) is 10.8. The molecule has 0 unspecified atom stereocenters. The molecule has 5 aromatic carbocycles. The zero-order valence-electron chi connectivity index (χ0n) is 17.1. The first-order valence-corrected chi connectivity index (χ1v) is 10.2. The summed E-state index contributed by atoms with van der Waals surface area (Å²) in [7, 11) is 0. The highest BCUT2D eigenvalue weighted by atomic mass is 16.5. The predicted octanol–water partition coefficient (Wildman–Crippen LogP) is 7.50. The van der Waals surface area contributed by atoms with Crippen molar-refractivity contribution in [3.05, 3.63) is 109 Å². The molecule has 0 aliphatic rings. The van der Waals surface area contributed by atoms with E-state index >= 15 is 0 Å². The highest BCUT2D eigenvalue weighted by Gasteiger charge is 2.04. The topological polar surface area (TPSA) is 58.9 Å². The van der Waals surface area contributed by atoms with Crippen molar-refractivity contribution in [1.29, 1.82) is 0 Å². The van der Waals surface area contributed by atoms with Gasteiger partial charge in [-0.2, -0.15) is 0 Å². The van der Waals surface area contributed by atoms with Crippen LogP contribution in [0.15, 0.2) is 109 Å². The van der Waals surface area contributed by atoms with Gasteiger partial charge < -0.3 is 19.7 Å². The predicted molar refractivity (Wildman–Crippen MR) is 126 cm³/mol. The standard InChI is InChI=1S/C28H20O4/c29-23-8-15-27(16-9-23)31-25-10-2-19(3-11-25)20-4-12-26(13-5-20)32-28-14-6-21-17-24(30)7-1-22(21)18-28/h1-18,29-30H. The second-order valence-corrected chi connectivity index (χ2v) is 7.44. The van der Waals surface area contributed by atoms with Crippen LogP contribution in [0.2, 0.25) is 0 Å². The van der Waals surface area contributed by atoms with Gasteiger partial charge in [0.05, 0.1) is 0 Å². The average molecular weight is 420 g/mol. The molecule has 0 fully saturated rings. The summed E-state index contributed by atoms with van der Waals surface area (Å²) in [5.74, 6) is 3.35. The molecule has 0 aromatic heterocycles. The third-order valence-corrected chi connectivity index (χ3v) is 5.15. The monoisotopic (exact) mass is 420 g/mol. The molecule has 5 rings (SSSR count). The maximum absolute atomic E-state index is 9.60. The van der Waals surface area contributed by atoms with Crippen LogP contribution in [0.4, 0.5) is 0 Å². The van der Waals surface area contributed by atoms with Crippen molar-refractivity contribution < 1.29 is 19.7 Å². The molecule has 0 bridgehead atoms. The lowest BCUT2D eigenvalue weighted by molar-refractivity contribution is 0.464. The van der Waals surface area contributed by atoms with E-state index in [1.165, 1.54) is 0 Å². The van der Waals surface area contributed by atoms with Gasteiger partial charge in [0, 0.05) is 0 Å². The second-order valence-electron chi connectivity index (χ2n) is 7.44. The summed E-state index contributed by atoms with van der Waals surface area (Å²) in [6.45, 7) is 0. The number of aromatic hydroxyl groups is 2. The zero-order valence-corrected chi connectivity index (χ0v) is 17.1. The van der Waals surface area contributed by atoms with E-state index in [1.54, 1.807) is 36.4 Å². The molecule has 0 spiro atoms. The van der Waals surface area contributed by atoms with Gasteiger partial charge in [-0.3, -0.25) is 0 Å². The first-order valence-electron chi connectivity index (χ1n) is 10.2. The van der Waals surface area contributed by atoms with Crippen LogP contribution in [0.1, 0.15) is 0 Å². The fraction of sp³-hybridized carbons (Fsp3) is 0. The molecule has 5 aromatic rings. The smallest absolute Gasteiger partial charge is 0.128 e. The number of ether oxygens (including phenoxy) is 2. The Bertz CT molecular complexity index is 1360. The molecular weight excluding hydrogens is 400 g/mol. The average Bonchev–Trinajstić information content (AvgIpc) is 2.82. The molecule has 0 aliphatic carbocycles. The lowest BCUT2D eigenvalue weighted by atomic mass is 10.1. The molecule has 32 heavy (non-hydrogen) atoms. The van der Waals surface area contributed by atoms with E-state index in [-0.39, 0.29) is 11.5 Å². The summed E-state index contributed by atoms with van der Waals surface area (Å²) in [5, 5.41) is 20.9. The minimum Gasteiger partial charge on any atom is -0.508 e. The number of fused-ring (bicyclic) bond motifs is 1. The highest BCUT2D eigenvalue weighted by Crippen LogP contribution is 2.30. The number of rotatable bonds is 5. The van der Waals surface area contributed by atoms with Crippen LogP contribution >= 0.6 is 0 Å². The Morgan fingerprint density at radius 3 is 1.38 bits per heavy atom. The molecule has 4 heteroatoms. The van der Waals surface area contributed by atoms with Crippen molar-refractivity contribution >= 4 is 10.8 Å². The molecule has 0 radical (unpaired) electrons. The van der Waals surface area contributed by atoms with E-state index in [2.05, 4.69) is 0 Å². The Kier molecular flexibility index (Phi) is 5.10. The van der Waals surface area contributed by atoms with Crippen LogP contribution in [0.3, 0.4) is 0 Å². The van der Waals surface area contributed by atoms with Crippen molar-refractivity contribution in [3.63, 3.8) is 0 Å². The van der Waals surface area contributed by atoms with Crippen molar-refractivity contribution in [2.75, 3.05) is 0 Å². The molecule has 156 valence electrons. The molecule has 0 heterocycles. The maximum atomic E-state index is 9.60. The molecule has 0 saturated heterocycles. The summed E-state index contributed by atoms with van der Waals surface area (Å²) < 4.78 is 11.8. The largest absolute Gasteiger partial charge is 0.508 e. The number of phenolic OH excluding ortho intramolecular Hbond substituents is 2. The lowest BCUT2D eigenvalue weighted by Gasteiger charge is -2.09. The Balaban J connectivity index is 1.28. The van der Waals surface area contributed by atoms with Crippen LogP contribution in [0.5, 0.6) is 34.5 Å². The Morgan fingerprint density at radius 1 is 0.375 bits per heavy atom. The zero-order chi connectivity index (χ0) is 21.9. The lowest BCUT2D eigenvalue weighted by Crippen LogP contribution is -1.86. The number of hydrogen-bond donors (Lipinski definition) is 2. The molecular formula is C28H20O4. The molecule has 0 saturated carbocycles. The minimum atomic E-state index is 0.209. The first kappa shape index (κ1) is 19.5. The quantitative estimate of drug-likeness (QED) is 0.309. The highest BCUT2D eigenvalue weighted by molar-refractivity contribution is 5.85. The van der Waals surface area contributed by atoms with E-state index in [0.717, 1.165) is 39.1 Å². The van der Waals surface area contributed by atoms with E-state index in [0.29, 0.717) is 5.75 Å². The van der Waals surface area contributed by atoms with Crippen molar-refractivity contribution in [2.45, 2.75) is 0 Å². The van der Waals surface area contributed by atoms with Gasteiger partial charge >= 0.3 is 0 Å². The Hall–Kier alpha value is -4.44. The summed E-state index contributed by atoms with van der Waals surface area (Å²) in [6, 6.07) is 33.4. The van der Waals surface area contributed by atoms with Crippen molar-refractivity contribution in [1.82, 2.24) is 0 Å². The summed E-state index contributed by atoms with van der Waals surface area (Å²) in [6.07, 6.45) is 0. The molecule has 0 amide bonds. The van der Waals surface area contributed by atoms with Crippen molar-refractivity contribution in [2.24, 2.45) is 0 Å². The van der Waals surface area contributed by atoms with Gasteiger partial charge in [0.15, 0.2) is 0 Å². The number of benzene rings is 5. The van der Waals surface area contributed by atoms with Gasteiger partial charge in [-0.15, -0.1) is 0 Å². The van der Waals surface area contributed by atoms with Crippen LogP contribution in [-0.2, 0) is 0 Å².